The number of carbonyl (C=O) groups excluding carboxylic acids is 1. The first kappa shape index (κ1) is 15.5. The molecule has 0 aliphatic rings. The number of amides is 1. The Kier molecular flexibility index (Phi) is 6.33. The van der Waals surface area contributed by atoms with E-state index in [0.717, 1.165) is 42.9 Å². The van der Waals surface area contributed by atoms with Crippen LogP contribution in [0.15, 0.2) is 12.1 Å². The molecule has 0 saturated carbocycles. The topological polar surface area (TPSA) is 45.2 Å². The average molecular weight is 263 g/mol. The van der Waals surface area contributed by atoms with Crippen molar-refractivity contribution in [2.75, 3.05) is 25.5 Å². The van der Waals surface area contributed by atoms with Crippen LogP contribution < -0.4 is 5.32 Å². The highest BCUT2D eigenvalue weighted by atomic mass is 16.2. The van der Waals surface area contributed by atoms with Gasteiger partial charge in [-0.3, -0.25) is 4.79 Å². The summed E-state index contributed by atoms with van der Waals surface area (Å²) in [6.45, 7) is 7.79. The van der Waals surface area contributed by atoms with E-state index in [2.05, 4.69) is 24.1 Å². The average Bonchev–Trinajstić information content (AvgIpc) is 2.43. The van der Waals surface area contributed by atoms with Gasteiger partial charge in [0.1, 0.15) is 5.82 Å². The molecule has 0 aliphatic carbocycles. The maximum Gasteiger partial charge on any atom is 0.253 e. The van der Waals surface area contributed by atoms with Crippen molar-refractivity contribution in [3.8, 4) is 0 Å². The van der Waals surface area contributed by atoms with Gasteiger partial charge in [0.25, 0.3) is 5.91 Å². The summed E-state index contributed by atoms with van der Waals surface area (Å²) in [6, 6.07) is 3.76. The molecule has 0 unspecified atom stereocenters. The molecule has 0 spiro atoms. The van der Waals surface area contributed by atoms with Crippen LogP contribution in [0.1, 0.15) is 49.7 Å². The molecule has 0 fully saturated rings. The molecule has 4 nitrogen and oxygen atoms in total. The lowest BCUT2D eigenvalue weighted by Gasteiger charge is -2.16. The number of hydrogen-bond acceptors (Lipinski definition) is 3. The third kappa shape index (κ3) is 4.54. The Morgan fingerprint density at radius 2 is 2.00 bits per heavy atom. The number of rotatable bonds is 7. The molecule has 106 valence electrons. The van der Waals surface area contributed by atoms with Crippen molar-refractivity contribution in [1.29, 1.82) is 0 Å². The van der Waals surface area contributed by atoms with E-state index in [1.807, 2.05) is 26.1 Å². The van der Waals surface area contributed by atoms with Gasteiger partial charge in [-0.15, -0.1) is 0 Å². The van der Waals surface area contributed by atoms with Crippen LogP contribution in [0.2, 0.25) is 0 Å². The van der Waals surface area contributed by atoms with Crippen LogP contribution in [-0.4, -0.2) is 35.9 Å². The normalized spacial score (nSPS) is 10.3. The van der Waals surface area contributed by atoms with Crippen molar-refractivity contribution in [2.24, 2.45) is 0 Å². The van der Waals surface area contributed by atoms with E-state index < -0.39 is 0 Å². The second kappa shape index (κ2) is 7.77. The Morgan fingerprint density at radius 3 is 2.58 bits per heavy atom. The van der Waals surface area contributed by atoms with Crippen molar-refractivity contribution >= 4 is 11.7 Å². The number of anilines is 1. The van der Waals surface area contributed by atoms with Crippen LogP contribution in [0.5, 0.6) is 0 Å². The third-order valence-electron chi connectivity index (χ3n) is 3.01. The quantitative estimate of drug-likeness (QED) is 0.822. The standard InChI is InChI=1S/C15H25N3O/c1-5-8-13-10-12(15(19)18(4)7-3)11-14(17-13)16-9-6-2/h10-11H,5-9H2,1-4H3,(H,16,17). The predicted octanol–water partition coefficient (Wildman–Crippen LogP) is 2.95. The molecule has 0 radical (unpaired) electrons. The van der Waals surface area contributed by atoms with Gasteiger partial charge in [-0.25, -0.2) is 4.98 Å². The molecule has 1 aromatic rings. The molecule has 0 atom stereocenters. The lowest BCUT2D eigenvalue weighted by Crippen LogP contribution is -2.26. The second-order valence-electron chi connectivity index (χ2n) is 4.73. The molecule has 0 saturated heterocycles. The van der Waals surface area contributed by atoms with Crippen LogP contribution in [0, 0.1) is 0 Å². The van der Waals surface area contributed by atoms with Crippen LogP contribution in [0.3, 0.4) is 0 Å². The van der Waals surface area contributed by atoms with E-state index in [9.17, 15) is 4.79 Å². The fraction of sp³-hybridized carbons (Fsp3) is 0.600. The van der Waals surface area contributed by atoms with Crippen LogP contribution in [0.4, 0.5) is 5.82 Å². The van der Waals surface area contributed by atoms with Crippen molar-refractivity contribution < 1.29 is 4.79 Å². The van der Waals surface area contributed by atoms with Crippen molar-refractivity contribution in [3.05, 3.63) is 23.4 Å². The van der Waals surface area contributed by atoms with Crippen LogP contribution in [0.25, 0.3) is 0 Å². The highest BCUT2D eigenvalue weighted by Gasteiger charge is 2.12. The number of hydrogen-bond donors (Lipinski definition) is 1. The monoisotopic (exact) mass is 263 g/mol. The Morgan fingerprint density at radius 1 is 1.26 bits per heavy atom. The maximum absolute atomic E-state index is 12.2. The number of nitrogens with one attached hydrogen (secondary N) is 1. The van der Waals surface area contributed by atoms with Gasteiger partial charge in [0.05, 0.1) is 0 Å². The number of aromatic nitrogens is 1. The van der Waals surface area contributed by atoms with E-state index in [1.165, 1.54) is 0 Å². The zero-order chi connectivity index (χ0) is 14.3. The minimum Gasteiger partial charge on any atom is -0.370 e. The summed E-state index contributed by atoms with van der Waals surface area (Å²) in [4.78, 5) is 18.5. The summed E-state index contributed by atoms with van der Waals surface area (Å²) in [7, 11) is 1.82. The second-order valence-corrected chi connectivity index (χ2v) is 4.73. The molecule has 0 aromatic carbocycles. The molecule has 4 heteroatoms. The fourth-order valence-corrected chi connectivity index (χ4v) is 1.80. The number of carbonyl (C=O) groups is 1. The van der Waals surface area contributed by atoms with E-state index in [1.54, 1.807) is 4.90 Å². The van der Waals surface area contributed by atoms with Crippen LogP contribution >= 0.6 is 0 Å². The largest absolute Gasteiger partial charge is 0.370 e. The summed E-state index contributed by atoms with van der Waals surface area (Å²) in [5, 5.41) is 3.26. The zero-order valence-electron chi connectivity index (χ0n) is 12.5. The smallest absolute Gasteiger partial charge is 0.253 e. The van der Waals surface area contributed by atoms with E-state index in [-0.39, 0.29) is 5.91 Å². The first-order valence-electron chi connectivity index (χ1n) is 7.12. The number of nitrogens with zero attached hydrogens (tertiary/aromatic N) is 2. The summed E-state index contributed by atoms with van der Waals surface area (Å²) < 4.78 is 0. The molecule has 1 amide bonds. The van der Waals surface area contributed by atoms with E-state index in [4.69, 9.17) is 0 Å². The lowest BCUT2D eigenvalue weighted by molar-refractivity contribution is 0.0802. The van der Waals surface area contributed by atoms with Gasteiger partial charge in [-0.1, -0.05) is 20.3 Å². The maximum atomic E-state index is 12.2. The van der Waals surface area contributed by atoms with Gasteiger partial charge in [0, 0.05) is 31.4 Å². The Bertz CT molecular complexity index is 418. The summed E-state index contributed by atoms with van der Waals surface area (Å²) in [5.41, 5.74) is 1.71. The van der Waals surface area contributed by atoms with Crippen LogP contribution in [-0.2, 0) is 6.42 Å². The zero-order valence-corrected chi connectivity index (χ0v) is 12.5. The molecule has 0 aliphatic heterocycles. The van der Waals surface area contributed by atoms with Gasteiger partial charge < -0.3 is 10.2 Å². The van der Waals surface area contributed by atoms with E-state index >= 15 is 0 Å². The van der Waals surface area contributed by atoms with Gasteiger partial charge in [-0.2, -0.15) is 0 Å². The fourth-order valence-electron chi connectivity index (χ4n) is 1.80. The number of aryl methyl sites for hydroxylation is 1. The summed E-state index contributed by atoms with van der Waals surface area (Å²) in [6.07, 6.45) is 2.97. The molecular formula is C15H25N3O. The molecule has 1 N–H and O–H groups in total. The summed E-state index contributed by atoms with van der Waals surface area (Å²) >= 11 is 0. The SMILES string of the molecule is CCCNc1cc(C(=O)N(C)CC)cc(CCC)n1. The van der Waals surface area contributed by atoms with Crippen molar-refractivity contribution in [1.82, 2.24) is 9.88 Å². The predicted molar refractivity (Wildman–Crippen MR) is 79.6 cm³/mol. The number of pyridine rings is 1. The summed E-state index contributed by atoms with van der Waals surface area (Å²) in [5.74, 6) is 0.863. The molecule has 1 heterocycles. The minimum absolute atomic E-state index is 0.0572. The Labute approximate surface area is 116 Å². The lowest BCUT2D eigenvalue weighted by atomic mass is 10.1. The van der Waals surface area contributed by atoms with Gasteiger partial charge in [0.2, 0.25) is 0 Å². The van der Waals surface area contributed by atoms with Gasteiger partial charge in [-0.05, 0) is 31.9 Å². The molecule has 1 aromatic heterocycles. The first-order valence-corrected chi connectivity index (χ1v) is 7.12. The molecular weight excluding hydrogens is 238 g/mol. The highest BCUT2D eigenvalue weighted by Crippen LogP contribution is 2.14. The van der Waals surface area contributed by atoms with Gasteiger partial charge >= 0.3 is 0 Å². The van der Waals surface area contributed by atoms with Crippen molar-refractivity contribution in [2.45, 2.75) is 40.0 Å². The first-order chi connectivity index (χ1) is 9.12. The molecule has 0 bridgehead atoms. The third-order valence-corrected chi connectivity index (χ3v) is 3.01. The van der Waals surface area contributed by atoms with Crippen molar-refractivity contribution in [3.63, 3.8) is 0 Å². The Hall–Kier alpha value is -1.58. The molecule has 19 heavy (non-hydrogen) atoms. The minimum atomic E-state index is 0.0572. The molecule has 1 rings (SSSR count). The van der Waals surface area contributed by atoms with E-state index in [0.29, 0.717) is 6.54 Å². The van der Waals surface area contributed by atoms with Gasteiger partial charge in [0.15, 0.2) is 0 Å². The highest BCUT2D eigenvalue weighted by molar-refractivity contribution is 5.94. The Balaban J connectivity index is 3.01.